The number of ether oxygens (including phenoxy) is 2. The number of benzene rings is 4. The monoisotopic (exact) mass is 871 g/mol. The number of aromatic nitrogens is 4. The Hall–Kier alpha value is -4.31. The van der Waals surface area contributed by atoms with E-state index in [1.54, 1.807) is 0 Å². The summed E-state index contributed by atoms with van der Waals surface area (Å²) in [6.07, 6.45) is -1.12. The molecule has 60 heavy (non-hydrogen) atoms. The maximum Gasteiger partial charge on any atom is 0.405 e. The highest BCUT2D eigenvalue weighted by atomic mass is 35.5. The molecular weight excluding hydrogens is 825 g/mol. The maximum atomic E-state index is 14.3. The SMILES string of the molecule is CC(C)(COC(c1ccccc1)(c1ccccc1)c1ccccc1)C(=O)SCCOP(=O)(NCc1ccccc1)OC[C@H]1O[C@@H](n2cnc3c(Cl)ncnc32)[C@@](C)(O)C1O. The highest BCUT2D eigenvalue weighted by Crippen LogP contribution is 2.47. The Labute approximate surface area is 358 Å². The molecule has 2 aromatic heterocycles. The third kappa shape index (κ3) is 9.44. The van der Waals surface area contributed by atoms with Gasteiger partial charge in [0, 0.05) is 12.3 Å². The van der Waals surface area contributed by atoms with Crippen molar-refractivity contribution < 1.29 is 38.1 Å². The molecule has 1 fully saturated rings. The van der Waals surface area contributed by atoms with Crippen molar-refractivity contribution in [2.75, 3.05) is 25.6 Å². The number of carbonyl (C=O) groups is 1. The fraction of sp³-hybridized carbons (Fsp3) is 0.318. The highest BCUT2D eigenvalue weighted by molar-refractivity contribution is 8.13. The second-order valence-corrected chi connectivity index (χ2v) is 18.5. The van der Waals surface area contributed by atoms with E-state index in [4.69, 9.17) is 30.1 Å². The summed E-state index contributed by atoms with van der Waals surface area (Å²) < 4.78 is 40.6. The van der Waals surface area contributed by atoms with Crippen molar-refractivity contribution in [3.8, 4) is 0 Å². The summed E-state index contributed by atoms with van der Waals surface area (Å²) >= 11 is 7.23. The van der Waals surface area contributed by atoms with Gasteiger partial charge in [-0.15, -0.1) is 0 Å². The number of aliphatic hydroxyl groups is 2. The number of nitrogens with one attached hydrogen (secondary N) is 1. The Morgan fingerprint density at radius 3 is 2.05 bits per heavy atom. The van der Waals surface area contributed by atoms with Gasteiger partial charge in [0.05, 0.1) is 31.6 Å². The van der Waals surface area contributed by atoms with E-state index in [1.807, 2.05) is 135 Å². The number of fused-ring (bicyclic) bond motifs is 1. The first-order valence-corrected chi connectivity index (χ1v) is 22.3. The summed E-state index contributed by atoms with van der Waals surface area (Å²) in [5.74, 6) is 0.154. The normalized spacial score (nSPS) is 20.6. The van der Waals surface area contributed by atoms with E-state index < -0.39 is 49.4 Å². The number of rotatable bonds is 18. The third-order valence-electron chi connectivity index (χ3n) is 10.4. The van der Waals surface area contributed by atoms with E-state index in [1.165, 1.54) is 24.1 Å². The highest BCUT2D eigenvalue weighted by Gasteiger charge is 2.54. The minimum atomic E-state index is -4.10. The molecular formula is C44H47ClN5O8PS. The fourth-order valence-electron chi connectivity index (χ4n) is 7.06. The van der Waals surface area contributed by atoms with Crippen LogP contribution in [0.5, 0.6) is 0 Å². The lowest BCUT2D eigenvalue weighted by atomic mass is 9.79. The van der Waals surface area contributed by atoms with Crippen molar-refractivity contribution in [2.45, 2.75) is 57.0 Å². The molecule has 13 nitrogen and oxygen atoms in total. The first kappa shape index (κ1) is 43.8. The summed E-state index contributed by atoms with van der Waals surface area (Å²) in [6, 6.07) is 39.2. The van der Waals surface area contributed by atoms with Crippen LogP contribution >= 0.6 is 31.1 Å². The molecule has 0 bridgehead atoms. The van der Waals surface area contributed by atoms with Crippen molar-refractivity contribution in [1.82, 2.24) is 24.6 Å². The summed E-state index contributed by atoms with van der Waals surface area (Å²) in [5, 5.41) is 25.5. The molecule has 1 aliphatic heterocycles. The molecule has 6 aromatic rings. The minimum absolute atomic E-state index is 0.0853. The Morgan fingerprint density at radius 2 is 1.47 bits per heavy atom. The quantitative estimate of drug-likeness (QED) is 0.0333. The maximum absolute atomic E-state index is 14.3. The number of aliphatic hydroxyl groups excluding tert-OH is 1. The predicted octanol–water partition coefficient (Wildman–Crippen LogP) is 7.71. The molecule has 3 N–H and O–H groups in total. The minimum Gasteiger partial charge on any atom is -0.387 e. The molecule has 1 saturated heterocycles. The summed E-state index contributed by atoms with van der Waals surface area (Å²) in [4.78, 5) is 26.3. The number of thioether (sulfide) groups is 1. The topological polar surface area (TPSA) is 167 Å². The van der Waals surface area contributed by atoms with Gasteiger partial charge in [0.25, 0.3) is 0 Å². The molecule has 3 heterocycles. The van der Waals surface area contributed by atoms with Gasteiger partial charge in [-0.25, -0.2) is 24.6 Å². The first-order chi connectivity index (χ1) is 28.8. The molecule has 5 atom stereocenters. The predicted molar refractivity (Wildman–Crippen MR) is 230 cm³/mol. The molecule has 0 aliphatic carbocycles. The van der Waals surface area contributed by atoms with Crippen LogP contribution in [0.1, 0.15) is 49.3 Å². The summed E-state index contributed by atoms with van der Waals surface area (Å²) in [6.45, 7) is 4.77. The molecule has 2 unspecified atom stereocenters. The van der Waals surface area contributed by atoms with Gasteiger partial charge in [-0.3, -0.25) is 18.4 Å². The lowest BCUT2D eigenvalue weighted by Crippen LogP contribution is -2.44. The van der Waals surface area contributed by atoms with Crippen LogP contribution in [0.25, 0.3) is 11.2 Å². The van der Waals surface area contributed by atoms with Crippen molar-refractivity contribution >= 4 is 47.4 Å². The number of carbonyl (C=O) groups excluding carboxylic acids is 1. The van der Waals surface area contributed by atoms with Crippen LogP contribution in [-0.4, -0.2) is 78.2 Å². The Morgan fingerprint density at radius 1 is 0.900 bits per heavy atom. The smallest absolute Gasteiger partial charge is 0.387 e. The standard InChI is InChI=1S/C44H47ClN5O8PS/c1-42(2,28-55-44(32-18-10-5-11-19-32,33-20-12-6-13-21-33)34-22-14-7-15-23-34)41(52)60-25-24-56-59(54,49-26-31-16-8-4-9-17-31)57-27-35-37(51)43(3,53)40(58-35)50-30-48-36-38(45)46-29-47-39(36)50/h4-23,29-30,35,37,40,51,53H,24-28H2,1-3H3,(H,49,54)/t35-,37?,40-,43+,59?/m1/s1. The second kappa shape index (κ2) is 18.8. The lowest BCUT2D eigenvalue weighted by molar-refractivity contribution is -0.124. The number of hydrogen-bond acceptors (Lipinski definition) is 12. The third-order valence-corrected chi connectivity index (χ3v) is 13.4. The van der Waals surface area contributed by atoms with Gasteiger partial charge in [-0.1, -0.05) is 145 Å². The van der Waals surface area contributed by atoms with E-state index in [0.29, 0.717) is 5.52 Å². The van der Waals surface area contributed by atoms with Gasteiger partial charge >= 0.3 is 7.75 Å². The zero-order chi connectivity index (χ0) is 42.4. The summed E-state index contributed by atoms with van der Waals surface area (Å²) in [5.41, 5.74) is 0.405. The van der Waals surface area contributed by atoms with Gasteiger partial charge < -0.3 is 19.7 Å². The zero-order valence-corrected chi connectivity index (χ0v) is 35.8. The number of nitrogens with zero attached hydrogens (tertiary/aromatic N) is 4. The van der Waals surface area contributed by atoms with Crippen molar-refractivity contribution in [1.29, 1.82) is 0 Å². The largest absolute Gasteiger partial charge is 0.405 e. The van der Waals surface area contributed by atoms with Crippen LogP contribution in [0, 0.1) is 5.41 Å². The van der Waals surface area contributed by atoms with Gasteiger partial charge in [0.2, 0.25) is 0 Å². The van der Waals surface area contributed by atoms with Crippen LogP contribution < -0.4 is 5.09 Å². The average molecular weight is 872 g/mol. The molecule has 0 spiro atoms. The lowest BCUT2D eigenvalue weighted by Gasteiger charge is -2.38. The Balaban J connectivity index is 1.02. The van der Waals surface area contributed by atoms with Crippen LogP contribution in [-0.2, 0) is 40.0 Å². The second-order valence-electron chi connectivity index (χ2n) is 15.2. The van der Waals surface area contributed by atoms with Crippen molar-refractivity contribution in [3.63, 3.8) is 0 Å². The van der Waals surface area contributed by atoms with Crippen LogP contribution in [0.2, 0.25) is 5.15 Å². The molecule has 16 heteroatoms. The van der Waals surface area contributed by atoms with E-state index in [0.717, 1.165) is 34.0 Å². The van der Waals surface area contributed by atoms with E-state index in [9.17, 15) is 19.6 Å². The van der Waals surface area contributed by atoms with Gasteiger partial charge in [-0.05, 0) is 43.0 Å². The van der Waals surface area contributed by atoms with E-state index in [2.05, 4.69) is 20.0 Å². The van der Waals surface area contributed by atoms with Crippen molar-refractivity contribution in [2.24, 2.45) is 5.41 Å². The van der Waals surface area contributed by atoms with Crippen LogP contribution in [0.4, 0.5) is 0 Å². The number of hydrogen-bond donors (Lipinski definition) is 3. The fourth-order valence-corrected chi connectivity index (χ4v) is 9.47. The molecule has 7 rings (SSSR count). The Bertz CT molecular complexity index is 2300. The molecule has 1 aliphatic rings. The van der Waals surface area contributed by atoms with E-state index in [-0.39, 0.29) is 41.4 Å². The van der Waals surface area contributed by atoms with Crippen molar-refractivity contribution in [3.05, 3.63) is 161 Å². The zero-order valence-electron chi connectivity index (χ0n) is 33.3. The molecule has 0 saturated carbocycles. The molecule has 314 valence electrons. The van der Waals surface area contributed by atoms with Gasteiger partial charge in [-0.2, -0.15) is 0 Å². The molecule has 4 aromatic carbocycles. The average Bonchev–Trinajstić information content (AvgIpc) is 3.80. The Kier molecular flexibility index (Phi) is 13.7. The number of halogens is 1. The number of imidazole rings is 1. The van der Waals surface area contributed by atoms with Crippen LogP contribution in [0.15, 0.2) is 134 Å². The van der Waals surface area contributed by atoms with Crippen LogP contribution in [0.3, 0.4) is 0 Å². The summed E-state index contributed by atoms with van der Waals surface area (Å²) in [7, 11) is -4.10. The first-order valence-electron chi connectivity index (χ1n) is 19.4. The van der Waals surface area contributed by atoms with E-state index >= 15 is 0 Å². The molecule has 0 amide bonds. The van der Waals surface area contributed by atoms with Gasteiger partial charge in [0.1, 0.15) is 35.3 Å². The van der Waals surface area contributed by atoms with Gasteiger partial charge in [0.15, 0.2) is 22.1 Å². The molecule has 0 radical (unpaired) electrons.